The average molecular weight is 263 g/mol. The van der Waals surface area contributed by atoms with Gasteiger partial charge in [0.2, 0.25) is 0 Å². The predicted octanol–water partition coefficient (Wildman–Crippen LogP) is 3.58. The average Bonchev–Trinajstić information content (AvgIpc) is 2.47. The van der Waals surface area contributed by atoms with Gasteiger partial charge < -0.3 is 4.90 Å². The van der Waals surface area contributed by atoms with Gasteiger partial charge in [-0.15, -0.1) is 0 Å². The van der Waals surface area contributed by atoms with E-state index in [4.69, 9.17) is 0 Å². The van der Waals surface area contributed by atoms with Gasteiger partial charge in [0, 0.05) is 11.1 Å². The molecule has 0 aliphatic heterocycles. The van der Waals surface area contributed by atoms with Crippen LogP contribution in [0.5, 0.6) is 0 Å². The number of hydrogen-bond acceptors (Lipinski definition) is 1. The molecule has 1 nitrogen and oxygen atoms in total. The third-order valence-electron chi connectivity index (χ3n) is 3.15. The van der Waals surface area contributed by atoms with Crippen molar-refractivity contribution in [3.8, 4) is 11.8 Å². The van der Waals surface area contributed by atoms with Crippen LogP contribution in [0.2, 0.25) is 0 Å². The SMILES string of the molecule is CN(C)CCCc1ccc(C#Cc2ccccc2)cc1. The maximum absolute atomic E-state index is 3.20. The third kappa shape index (κ3) is 4.91. The molecule has 1 heteroatoms. The Kier molecular flexibility index (Phi) is 5.41. The van der Waals surface area contributed by atoms with Gasteiger partial charge in [0.1, 0.15) is 0 Å². The van der Waals surface area contributed by atoms with Gasteiger partial charge in [0.05, 0.1) is 0 Å². The molecule has 0 atom stereocenters. The van der Waals surface area contributed by atoms with Crippen LogP contribution in [-0.4, -0.2) is 25.5 Å². The third-order valence-corrected chi connectivity index (χ3v) is 3.15. The van der Waals surface area contributed by atoms with E-state index in [1.54, 1.807) is 0 Å². The zero-order valence-corrected chi connectivity index (χ0v) is 12.3. The fourth-order valence-corrected chi connectivity index (χ4v) is 2.02. The van der Waals surface area contributed by atoms with Crippen molar-refractivity contribution in [2.75, 3.05) is 20.6 Å². The second-order valence-electron chi connectivity index (χ2n) is 5.22. The molecule has 0 radical (unpaired) electrons. The number of aryl methyl sites for hydroxylation is 1. The lowest BCUT2D eigenvalue weighted by molar-refractivity contribution is 0.400. The molecule has 0 spiro atoms. The zero-order valence-electron chi connectivity index (χ0n) is 12.3. The van der Waals surface area contributed by atoms with E-state index in [1.807, 2.05) is 30.3 Å². The maximum Gasteiger partial charge on any atom is 0.0249 e. The van der Waals surface area contributed by atoms with E-state index >= 15 is 0 Å². The van der Waals surface area contributed by atoms with Crippen molar-refractivity contribution in [3.63, 3.8) is 0 Å². The van der Waals surface area contributed by atoms with Crippen LogP contribution >= 0.6 is 0 Å². The van der Waals surface area contributed by atoms with Crippen molar-refractivity contribution >= 4 is 0 Å². The van der Waals surface area contributed by atoms with E-state index in [-0.39, 0.29) is 0 Å². The molecule has 102 valence electrons. The summed E-state index contributed by atoms with van der Waals surface area (Å²) in [5.74, 6) is 6.39. The topological polar surface area (TPSA) is 3.24 Å². The maximum atomic E-state index is 3.20. The number of hydrogen-bond donors (Lipinski definition) is 0. The molecule has 2 aromatic rings. The molecule has 0 aromatic heterocycles. The minimum atomic E-state index is 1.06. The molecule has 0 amide bonds. The number of rotatable bonds is 4. The minimum Gasteiger partial charge on any atom is -0.309 e. The van der Waals surface area contributed by atoms with Gasteiger partial charge in [-0.25, -0.2) is 0 Å². The molecule has 2 aromatic carbocycles. The molecule has 0 aliphatic rings. The van der Waals surface area contributed by atoms with Crippen LogP contribution in [0.4, 0.5) is 0 Å². The van der Waals surface area contributed by atoms with Gasteiger partial charge in [-0.1, -0.05) is 42.2 Å². The Morgan fingerprint density at radius 3 is 2.00 bits per heavy atom. The van der Waals surface area contributed by atoms with Gasteiger partial charge in [0.25, 0.3) is 0 Å². The molecule has 0 N–H and O–H groups in total. The summed E-state index contributed by atoms with van der Waals surface area (Å²) in [5, 5.41) is 0. The summed E-state index contributed by atoms with van der Waals surface area (Å²) in [5.41, 5.74) is 3.52. The normalized spacial score (nSPS) is 10.2. The van der Waals surface area contributed by atoms with Crippen molar-refractivity contribution in [1.82, 2.24) is 4.90 Å². The Hall–Kier alpha value is -2.04. The lowest BCUT2D eigenvalue weighted by atomic mass is 10.1. The first-order valence-corrected chi connectivity index (χ1v) is 7.05. The minimum absolute atomic E-state index is 1.06. The number of nitrogens with zero attached hydrogens (tertiary/aromatic N) is 1. The van der Waals surface area contributed by atoms with E-state index in [1.165, 1.54) is 12.0 Å². The van der Waals surface area contributed by atoms with Crippen molar-refractivity contribution in [2.45, 2.75) is 12.8 Å². The van der Waals surface area contributed by atoms with Crippen molar-refractivity contribution in [1.29, 1.82) is 0 Å². The Balaban J connectivity index is 1.93. The molecule has 0 heterocycles. The lowest BCUT2D eigenvalue weighted by Gasteiger charge is -2.08. The second kappa shape index (κ2) is 7.53. The lowest BCUT2D eigenvalue weighted by Crippen LogP contribution is -2.13. The van der Waals surface area contributed by atoms with Gasteiger partial charge in [-0.3, -0.25) is 0 Å². The summed E-state index contributed by atoms with van der Waals surface area (Å²) in [4.78, 5) is 2.22. The smallest absolute Gasteiger partial charge is 0.0249 e. The highest BCUT2D eigenvalue weighted by molar-refractivity contribution is 5.43. The summed E-state index contributed by atoms with van der Waals surface area (Å²) in [7, 11) is 4.23. The first-order valence-electron chi connectivity index (χ1n) is 7.05. The Morgan fingerprint density at radius 2 is 1.40 bits per heavy atom. The Bertz CT molecular complexity index is 571. The standard InChI is InChI=1S/C19H21N/c1-20(2)16-6-9-18-11-14-19(15-12-18)13-10-17-7-4-3-5-8-17/h3-5,7-8,11-12,14-15H,6,9,16H2,1-2H3. The fourth-order valence-electron chi connectivity index (χ4n) is 2.02. The fraction of sp³-hybridized carbons (Fsp3) is 0.263. The Morgan fingerprint density at radius 1 is 0.800 bits per heavy atom. The molecule has 0 saturated heterocycles. The second-order valence-corrected chi connectivity index (χ2v) is 5.22. The predicted molar refractivity (Wildman–Crippen MR) is 85.7 cm³/mol. The quantitative estimate of drug-likeness (QED) is 0.762. The van der Waals surface area contributed by atoms with E-state index in [0.29, 0.717) is 0 Å². The molecule has 20 heavy (non-hydrogen) atoms. The summed E-state index contributed by atoms with van der Waals surface area (Å²) in [6, 6.07) is 18.7. The van der Waals surface area contributed by atoms with Gasteiger partial charge >= 0.3 is 0 Å². The van der Waals surface area contributed by atoms with Crippen LogP contribution < -0.4 is 0 Å². The van der Waals surface area contributed by atoms with Crippen LogP contribution in [0.3, 0.4) is 0 Å². The zero-order chi connectivity index (χ0) is 14.2. The largest absolute Gasteiger partial charge is 0.309 e. The van der Waals surface area contributed by atoms with E-state index in [9.17, 15) is 0 Å². The first-order chi connectivity index (χ1) is 9.74. The van der Waals surface area contributed by atoms with Crippen LogP contribution in [-0.2, 0) is 6.42 Å². The highest BCUT2D eigenvalue weighted by atomic mass is 15.0. The highest BCUT2D eigenvalue weighted by Crippen LogP contribution is 2.06. The summed E-state index contributed by atoms with van der Waals surface area (Å²) >= 11 is 0. The van der Waals surface area contributed by atoms with E-state index in [0.717, 1.165) is 24.1 Å². The van der Waals surface area contributed by atoms with Gasteiger partial charge in [-0.05, 0) is 63.3 Å². The van der Waals surface area contributed by atoms with Crippen LogP contribution in [0.1, 0.15) is 23.1 Å². The molecule has 0 aliphatic carbocycles. The van der Waals surface area contributed by atoms with Crippen molar-refractivity contribution in [2.24, 2.45) is 0 Å². The molecule has 2 rings (SSSR count). The molecule has 0 unspecified atom stereocenters. The highest BCUT2D eigenvalue weighted by Gasteiger charge is 1.95. The van der Waals surface area contributed by atoms with Crippen LogP contribution in [0.25, 0.3) is 0 Å². The van der Waals surface area contributed by atoms with E-state index < -0.39 is 0 Å². The molecule has 0 bridgehead atoms. The van der Waals surface area contributed by atoms with Gasteiger partial charge in [0.15, 0.2) is 0 Å². The molecule has 0 fully saturated rings. The van der Waals surface area contributed by atoms with Crippen molar-refractivity contribution < 1.29 is 0 Å². The Labute approximate surface area is 122 Å². The summed E-state index contributed by atoms with van der Waals surface area (Å²) in [6.45, 7) is 1.13. The van der Waals surface area contributed by atoms with Crippen molar-refractivity contribution in [3.05, 3.63) is 71.3 Å². The monoisotopic (exact) mass is 263 g/mol. The molecule has 0 saturated carbocycles. The summed E-state index contributed by atoms with van der Waals surface area (Å²) in [6.07, 6.45) is 2.33. The van der Waals surface area contributed by atoms with Crippen LogP contribution in [0.15, 0.2) is 54.6 Å². The van der Waals surface area contributed by atoms with Crippen LogP contribution in [0, 0.1) is 11.8 Å². The molecular weight excluding hydrogens is 242 g/mol. The van der Waals surface area contributed by atoms with E-state index in [2.05, 4.69) is 55.1 Å². The first kappa shape index (κ1) is 14.4. The number of benzene rings is 2. The van der Waals surface area contributed by atoms with Gasteiger partial charge in [-0.2, -0.15) is 0 Å². The summed E-state index contributed by atoms with van der Waals surface area (Å²) < 4.78 is 0. The molecular formula is C19H21N.